The molecule has 1 fully saturated rings. The molecule has 0 unspecified atom stereocenters. The smallest absolute Gasteiger partial charge is 0.350 e. The lowest BCUT2D eigenvalue weighted by Crippen LogP contribution is -2.05. The van der Waals surface area contributed by atoms with Gasteiger partial charge in [0.1, 0.15) is 4.88 Å². The first-order valence-electron chi connectivity index (χ1n) is 8.81. The number of nitrogens with one attached hydrogen (secondary N) is 1. The molecule has 0 radical (unpaired) electrons. The molecule has 2 aromatic rings. The van der Waals surface area contributed by atoms with E-state index in [2.05, 4.69) is 28.5 Å². The third-order valence-electron chi connectivity index (χ3n) is 4.68. The summed E-state index contributed by atoms with van der Waals surface area (Å²) in [5, 5.41) is 4.18. The van der Waals surface area contributed by atoms with Crippen molar-refractivity contribution in [2.24, 2.45) is 0 Å². The standard InChI is InChI=1S/C19H22N2O2S/c1-2-23-18(22)17-16(13-7-8-13)21-19(24-17)20-15-10-9-12-5-3-4-6-14(12)11-15/h9-11,13H,2-8H2,1H3,(H,20,21). The van der Waals surface area contributed by atoms with Crippen LogP contribution in [0.2, 0.25) is 0 Å². The third-order valence-corrected chi connectivity index (χ3v) is 5.64. The SMILES string of the molecule is CCOC(=O)c1sc(Nc2ccc3c(c2)CCCC3)nc1C1CC1. The number of ether oxygens (including phenoxy) is 1. The number of nitrogens with zero attached hydrogens (tertiary/aromatic N) is 1. The van der Waals surface area contributed by atoms with Gasteiger partial charge in [0.15, 0.2) is 5.13 Å². The van der Waals surface area contributed by atoms with E-state index in [9.17, 15) is 4.79 Å². The Kier molecular flexibility index (Phi) is 4.27. The Balaban J connectivity index is 1.58. The third kappa shape index (κ3) is 3.18. The molecule has 1 saturated carbocycles. The number of aryl methyl sites for hydroxylation is 2. The number of fused-ring (bicyclic) bond motifs is 1. The molecule has 1 aromatic carbocycles. The van der Waals surface area contributed by atoms with Gasteiger partial charge in [-0.25, -0.2) is 9.78 Å². The fraction of sp³-hybridized carbons (Fsp3) is 0.474. The average Bonchev–Trinajstić information content (AvgIpc) is 3.36. The second-order valence-corrected chi connectivity index (χ2v) is 7.54. The Morgan fingerprint density at radius 3 is 2.83 bits per heavy atom. The fourth-order valence-electron chi connectivity index (χ4n) is 3.30. The highest BCUT2D eigenvalue weighted by Gasteiger charge is 2.32. The summed E-state index contributed by atoms with van der Waals surface area (Å²) in [6.07, 6.45) is 7.14. The summed E-state index contributed by atoms with van der Waals surface area (Å²) in [6, 6.07) is 6.57. The minimum Gasteiger partial charge on any atom is -0.462 e. The number of rotatable bonds is 5. The van der Waals surface area contributed by atoms with E-state index in [1.54, 1.807) is 0 Å². The van der Waals surface area contributed by atoms with Crippen LogP contribution in [0.25, 0.3) is 0 Å². The molecule has 0 atom stereocenters. The van der Waals surface area contributed by atoms with Crippen molar-refractivity contribution in [3.05, 3.63) is 39.9 Å². The monoisotopic (exact) mass is 342 g/mol. The highest BCUT2D eigenvalue weighted by atomic mass is 32.1. The molecule has 0 bridgehead atoms. The highest BCUT2D eigenvalue weighted by molar-refractivity contribution is 7.17. The number of carbonyl (C=O) groups excluding carboxylic acids is 1. The van der Waals surface area contributed by atoms with Crippen LogP contribution in [0.15, 0.2) is 18.2 Å². The van der Waals surface area contributed by atoms with E-state index in [1.165, 1.54) is 41.7 Å². The van der Waals surface area contributed by atoms with E-state index < -0.39 is 0 Å². The first-order chi connectivity index (χ1) is 11.7. The van der Waals surface area contributed by atoms with Crippen LogP contribution < -0.4 is 5.32 Å². The molecule has 0 amide bonds. The Bertz CT molecular complexity index is 765. The summed E-state index contributed by atoms with van der Waals surface area (Å²) >= 11 is 1.41. The van der Waals surface area contributed by atoms with Crippen LogP contribution in [0, 0.1) is 0 Å². The van der Waals surface area contributed by atoms with Crippen molar-refractivity contribution in [3.63, 3.8) is 0 Å². The average molecular weight is 342 g/mol. The lowest BCUT2D eigenvalue weighted by Gasteiger charge is -2.16. The Labute approximate surface area is 146 Å². The molecule has 2 aliphatic carbocycles. The number of carbonyl (C=O) groups is 1. The molecule has 126 valence electrons. The van der Waals surface area contributed by atoms with E-state index in [0.29, 0.717) is 17.4 Å². The lowest BCUT2D eigenvalue weighted by molar-refractivity contribution is 0.0530. The molecule has 2 aliphatic rings. The normalized spacial score (nSPS) is 16.5. The van der Waals surface area contributed by atoms with Crippen LogP contribution >= 0.6 is 11.3 Å². The zero-order valence-electron chi connectivity index (χ0n) is 13.9. The Morgan fingerprint density at radius 2 is 2.08 bits per heavy atom. The van der Waals surface area contributed by atoms with Gasteiger partial charge in [0.25, 0.3) is 0 Å². The molecule has 0 saturated heterocycles. The van der Waals surface area contributed by atoms with Crippen LogP contribution in [0.5, 0.6) is 0 Å². The predicted octanol–water partition coefficient (Wildman–Crippen LogP) is 4.82. The number of anilines is 2. The lowest BCUT2D eigenvalue weighted by atomic mass is 9.91. The topological polar surface area (TPSA) is 51.2 Å². The summed E-state index contributed by atoms with van der Waals surface area (Å²) in [6.45, 7) is 2.23. The van der Waals surface area contributed by atoms with Crippen LogP contribution in [-0.2, 0) is 17.6 Å². The maximum absolute atomic E-state index is 12.2. The molecular weight excluding hydrogens is 320 g/mol. The summed E-state index contributed by atoms with van der Waals surface area (Å²) in [5.74, 6) is 0.190. The highest BCUT2D eigenvalue weighted by Crippen LogP contribution is 2.44. The molecule has 4 nitrogen and oxygen atoms in total. The zero-order chi connectivity index (χ0) is 16.5. The molecule has 1 heterocycles. The molecule has 5 heteroatoms. The quantitative estimate of drug-likeness (QED) is 0.792. The minimum absolute atomic E-state index is 0.240. The number of hydrogen-bond donors (Lipinski definition) is 1. The maximum atomic E-state index is 12.2. The van der Waals surface area contributed by atoms with Gasteiger partial charge in [-0.1, -0.05) is 17.4 Å². The first kappa shape index (κ1) is 15.6. The van der Waals surface area contributed by atoms with E-state index in [0.717, 1.165) is 35.8 Å². The van der Waals surface area contributed by atoms with Gasteiger partial charge in [0.2, 0.25) is 0 Å². The maximum Gasteiger partial charge on any atom is 0.350 e. The zero-order valence-corrected chi connectivity index (χ0v) is 14.7. The molecule has 4 rings (SSSR count). The number of hydrogen-bond acceptors (Lipinski definition) is 5. The Hall–Kier alpha value is -1.88. The second kappa shape index (κ2) is 6.55. The van der Waals surface area contributed by atoms with Gasteiger partial charge in [-0.3, -0.25) is 0 Å². The number of thiazole rings is 1. The second-order valence-electron chi connectivity index (χ2n) is 6.54. The van der Waals surface area contributed by atoms with Crippen molar-refractivity contribution in [1.29, 1.82) is 0 Å². The van der Waals surface area contributed by atoms with E-state index >= 15 is 0 Å². The van der Waals surface area contributed by atoms with Gasteiger partial charge < -0.3 is 10.1 Å². The molecule has 1 N–H and O–H groups in total. The van der Waals surface area contributed by atoms with Crippen LogP contribution in [0.4, 0.5) is 10.8 Å². The number of aromatic nitrogens is 1. The molecule has 0 spiro atoms. The molecule has 1 aromatic heterocycles. The first-order valence-corrected chi connectivity index (χ1v) is 9.63. The van der Waals surface area contributed by atoms with Gasteiger partial charge in [-0.2, -0.15) is 0 Å². The van der Waals surface area contributed by atoms with E-state index in [1.807, 2.05) is 6.92 Å². The summed E-state index contributed by atoms with van der Waals surface area (Å²) in [4.78, 5) is 17.5. The van der Waals surface area contributed by atoms with Crippen molar-refractivity contribution < 1.29 is 9.53 Å². The summed E-state index contributed by atoms with van der Waals surface area (Å²) in [5.41, 5.74) is 4.88. The van der Waals surface area contributed by atoms with Crippen LogP contribution in [0.1, 0.15) is 65.0 Å². The molecule has 24 heavy (non-hydrogen) atoms. The van der Waals surface area contributed by atoms with Crippen LogP contribution in [0.3, 0.4) is 0 Å². The van der Waals surface area contributed by atoms with Crippen molar-refractivity contribution >= 4 is 28.1 Å². The minimum atomic E-state index is -0.240. The Morgan fingerprint density at radius 1 is 1.29 bits per heavy atom. The fourth-order valence-corrected chi connectivity index (χ4v) is 4.26. The van der Waals surface area contributed by atoms with Crippen LogP contribution in [-0.4, -0.2) is 17.6 Å². The van der Waals surface area contributed by atoms with Crippen molar-refractivity contribution in [3.8, 4) is 0 Å². The van der Waals surface area contributed by atoms with Crippen molar-refractivity contribution in [2.75, 3.05) is 11.9 Å². The summed E-state index contributed by atoms with van der Waals surface area (Å²) in [7, 11) is 0. The number of benzene rings is 1. The van der Waals surface area contributed by atoms with E-state index in [-0.39, 0.29) is 5.97 Å². The van der Waals surface area contributed by atoms with Gasteiger partial charge in [-0.15, -0.1) is 0 Å². The van der Waals surface area contributed by atoms with Gasteiger partial charge in [0.05, 0.1) is 12.3 Å². The summed E-state index contributed by atoms with van der Waals surface area (Å²) < 4.78 is 5.19. The van der Waals surface area contributed by atoms with Crippen molar-refractivity contribution in [1.82, 2.24) is 4.98 Å². The number of esters is 1. The van der Waals surface area contributed by atoms with Crippen molar-refractivity contribution in [2.45, 2.75) is 51.4 Å². The molecular formula is C19H22N2O2S. The molecule has 0 aliphatic heterocycles. The van der Waals surface area contributed by atoms with Gasteiger partial charge in [0, 0.05) is 11.6 Å². The van der Waals surface area contributed by atoms with Gasteiger partial charge >= 0.3 is 5.97 Å². The van der Waals surface area contributed by atoms with Gasteiger partial charge in [-0.05, 0) is 68.7 Å². The largest absolute Gasteiger partial charge is 0.462 e. The van der Waals surface area contributed by atoms with E-state index in [4.69, 9.17) is 4.74 Å². The predicted molar refractivity (Wildman–Crippen MR) is 96.4 cm³/mol.